The summed E-state index contributed by atoms with van der Waals surface area (Å²) in [5.74, 6) is 0.995. The Bertz CT molecular complexity index is 212. The topological polar surface area (TPSA) is 31.6 Å². The van der Waals surface area contributed by atoms with Gasteiger partial charge < -0.3 is 13.9 Å². The van der Waals surface area contributed by atoms with E-state index in [2.05, 4.69) is 0 Å². The fourth-order valence-corrected chi connectivity index (χ4v) is 1.29. The third-order valence-electron chi connectivity index (χ3n) is 1.90. The van der Waals surface area contributed by atoms with Gasteiger partial charge in [0, 0.05) is 12.8 Å². The van der Waals surface area contributed by atoms with Gasteiger partial charge in [0.25, 0.3) is 0 Å². The largest absolute Gasteiger partial charge is 0.469 e. The SMILES string of the molecule is c1coc(CCC2OCCO2)c1. The predicted molar refractivity (Wildman–Crippen MR) is 42.7 cm³/mol. The summed E-state index contributed by atoms with van der Waals surface area (Å²) >= 11 is 0. The molecule has 1 aromatic heterocycles. The molecular formula is C9H12O3. The summed E-state index contributed by atoms with van der Waals surface area (Å²) in [6.07, 6.45) is 3.44. The zero-order valence-corrected chi connectivity index (χ0v) is 6.86. The molecule has 1 aromatic rings. The van der Waals surface area contributed by atoms with Crippen molar-refractivity contribution >= 4 is 0 Å². The van der Waals surface area contributed by atoms with E-state index in [-0.39, 0.29) is 6.29 Å². The Kier molecular flexibility index (Phi) is 2.44. The smallest absolute Gasteiger partial charge is 0.158 e. The molecule has 1 saturated heterocycles. The summed E-state index contributed by atoms with van der Waals surface area (Å²) in [5.41, 5.74) is 0. The number of aryl methyl sites for hydroxylation is 1. The Labute approximate surface area is 71.3 Å². The molecule has 3 nitrogen and oxygen atoms in total. The van der Waals surface area contributed by atoms with E-state index in [0.717, 1.165) is 31.8 Å². The Morgan fingerprint density at radius 2 is 2.17 bits per heavy atom. The highest BCUT2D eigenvalue weighted by molar-refractivity contribution is 4.98. The second-order valence-electron chi connectivity index (χ2n) is 2.79. The van der Waals surface area contributed by atoms with E-state index in [1.807, 2.05) is 12.1 Å². The average molecular weight is 168 g/mol. The fraction of sp³-hybridized carbons (Fsp3) is 0.556. The molecule has 0 aliphatic carbocycles. The first kappa shape index (κ1) is 7.83. The highest BCUT2D eigenvalue weighted by atomic mass is 16.7. The van der Waals surface area contributed by atoms with Gasteiger partial charge in [-0.3, -0.25) is 0 Å². The van der Waals surface area contributed by atoms with Crippen LogP contribution in [0.5, 0.6) is 0 Å². The quantitative estimate of drug-likeness (QED) is 0.686. The molecule has 0 aromatic carbocycles. The van der Waals surface area contributed by atoms with Crippen LogP contribution in [0.25, 0.3) is 0 Å². The first-order valence-electron chi connectivity index (χ1n) is 4.21. The molecule has 0 radical (unpaired) electrons. The van der Waals surface area contributed by atoms with Crippen LogP contribution in [0.1, 0.15) is 12.2 Å². The van der Waals surface area contributed by atoms with E-state index >= 15 is 0 Å². The molecule has 1 aliphatic heterocycles. The van der Waals surface area contributed by atoms with Gasteiger partial charge in [-0.05, 0) is 12.1 Å². The van der Waals surface area contributed by atoms with Crippen molar-refractivity contribution in [3.05, 3.63) is 24.2 Å². The van der Waals surface area contributed by atoms with Crippen LogP contribution < -0.4 is 0 Å². The van der Waals surface area contributed by atoms with Crippen LogP contribution in [0.3, 0.4) is 0 Å². The Balaban J connectivity index is 1.74. The van der Waals surface area contributed by atoms with Crippen molar-refractivity contribution < 1.29 is 13.9 Å². The molecule has 12 heavy (non-hydrogen) atoms. The molecule has 0 N–H and O–H groups in total. The van der Waals surface area contributed by atoms with Crippen LogP contribution >= 0.6 is 0 Å². The van der Waals surface area contributed by atoms with E-state index in [0.29, 0.717) is 0 Å². The van der Waals surface area contributed by atoms with Crippen LogP contribution in [0.2, 0.25) is 0 Å². The molecule has 66 valence electrons. The maximum Gasteiger partial charge on any atom is 0.158 e. The van der Waals surface area contributed by atoms with Gasteiger partial charge in [-0.25, -0.2) is 0 Å². The van der Waals surface area contributed by atoms with Crippen molar-refractivity contribution in [3.63, 3.8) is 0 Å². The zero-order chi connectivity index (χ0) is 8.23. The summed E-state index contributed by atoms with van der Waals surface area (Å²) in [6, 6.07) is 3.86. The summed E-state index contributed by atoms with van der Waals surface area (Å²) in [6.45, 7) is 1.45. The minimum Gasteiger partial charge on any atom is -0.469 e. The minimum absolute atomic E-state index is 0.0184. The lowest BCUT2D eigenvalue weighted by Crippen LogP contribution is -2.08. The van der Waals surface area contributed by atoms with Crippen molar-refractivity contribution in [2.45, 2.75) is 19.1 Å². The van der Waals surface area contributed by atoms with Crippen LogP contribution in [0.4, 0.5) is 0 Å². The van der Waals surface area contributed by atoms with Crippen LogP contribution in [0.15, 0.2) is 22.8 Å². The van der Waals surface area contributed by atoms with E-state index < -0.39 is 0 Å². The second kappa shape index (κ2) is 3.74. The number of hydrogen-bond acceptors (Lipinski definition) is 3. The van der Waals surface area contributed by atoms with Gasteiger partial charge in [0.15, 0.2) is 6.29 Å². The summed E-state index contributed by atoms with van der Waals surface area (Å²) < 4.78 is 15.8. The monoisotopic (exact) mass is 168 g/mol. The van der Waals surface area contributed by atoms with Gasteiger partial charge in [-0.15, -0.1) is 0 Å². The zero-order valence-electron chi connectivity index (χ0n) is 6.86. The third-order valence-corrected chi connectivity index (χ3v) is 1.90. The molecule has 2 heterocycles. The van der Waals surface area contributed by atoms with Crippen LogP contribution in [0, 0.1) is 0 Å². The lowest BCUT2D eigenvalue weighted by molar-refractivity contribution is -0.0469. The molecule has 0 spiro atoms. The predicted octanol–water partition coefficient (Wildman–Crippen LogP) is 1.59. The highest BCUT2D eigenvalue weighted by Crippen LogP contribution is 2.12. The van der Waals surface area contributed by atoms with E-state index in [1.54, 1.807) is 6.26 Å². The number of furan rings is 1. The molecule has 0 amide bonds. The van der Waals surface area contributed by atoms with Crippen LogP contribution in [-0.4, -0.2) is 19.5 Å². The van der Waals surface area contributed by atoms with Crippen molar-refractivity contribution in [3.8, 4) is 0 Å². The van der Waals surface area contributed by atoms with Gasteiger partial charge in [-0.1, -0.05) is 0 Å². The first-order chi connectivity index (χ1) is 5.95. The van der Waals surface area contributed by atoms with Crippen molar-refractivity contribution in [2.24, 2.45) is 0 Å². The molecular weight excluding hydrogens is 156 g/mol. The molecule has 3 heteroatoms. The third kappa shape index (κ3) is 1.87. The first-order valence-corrected chi connectivity index (χ1v) is 4.21. The van der Waals surface area contributed by atoms with Crippen molar-refractivity contribution in [2.75, 3.05) is 13.2 Å². The lowest BCUT2D eigenvalue weighted by Gasteiger charge is -2.06. The second-order valence-corrected chi connectivity index (χ2v) is 2.79. The lowest BCUT2D eigenvalue weighted by atomic mass is 10.2. The number of hydrogen-bond donors (Lipinski definition) is 0. The highest BCUT2D eigenvalue weighted by Gasteiger charge is 2.15. The summed E-state index contributed by atoms with van der Waals surface area (Å²) in [5, 5.41) is 0. The molecule has 0 saturated carbocycles. The standard InChI is InChI=1S/C9H12O3/c1-2-8(10-5-1)3-4-9-11-6-7-12-9/h1-2,5,9H,3-4,6-7H2. The summed E-state index contributed by atoms with van der Waals surface area (Å²) in [4.78, 5) is 0. The molecule has 0 atom stereocenters. The van der Waals surface area contributed by atoms with Gasteiger partial charge in [0.1, 0.15) is 5.76 Å². The van der Waals surface area contributed by atoms with Gasteiger partial charge >= 0.3 is 0 Å². The maximum atomic E-state index is 5.29. The van der Waals surface area contributed by atoms with E-state index in [4.69, 9.17) is 13.9 Å². The fourth-order valence-electron chi connectivity index (χ4n) is 1.29. The number of ether oxygens (including phenoxy) is 2. The van der Waals surface area contributed by atoms with Crippen molar-refractivity contribution in [1.82, 2.24) is 0 Å². The van der Waals surface area contributed by atoms with Gasteiger partial charge in [0.05, 0.1) is 19.5 Å². The molecule has 0 bridgehead atoms. The average Bonchev–Trinajstić information content (AvgIpc) is 2.74. The molecule has 2 rings (SSSR count). The maximum absolute atomic E-state index is 5.29. The Hall–Kier alpha value is -0.800. The van der Waals surface area contributed by atoms with E-state index in [9.17, 15) is 0 Å². The Morgan fingerprint density at radius 3 is 2.83 bits per heavy atom. The van der Waals surface area contributed by atoms with Crippen molar-refractivity contribution in [1.29, 1.82) is 0 Å². The molecule has 0 unspecified atom stereocenters. The normalized spacial score (nSPS) is 18.7. The minimum atomic E-state index is -0.0184. The Morgan fingerprint density at radius 1 is 1.33 bits per heavy atom. The van der Waals surface area contributed by atoms with E-state index in [1.165, 1.54) is 0 Å². The summed E-state index contributed by atoms with van der Waals surface area (Å²) in [7, 11) is 0. The molecule has 1 fully saturated rings. The number of rotatable bonds is 3. The van der Waals surface area contributed by atoms with Crippen LogP contribution in [-0.2, 0) is 15.9 Å². The molecule has 1 aliphatic rings. The van der Waals surface area contributed by atoms with Gasteiger partial charge in [-0.2, -0.15) is 0 Å². The van der Waals surface area contributed by atoms with Gasteiger partial charge in [0.2, 0.25) is 0 Å².